The molecule has 1 heterocycles. The minimum atomic E-state index is -0.277. The van der Waals surface area contributed by atoms with Gasteiger partial charge in [-0.25, -0.2) is 4.48 Å². The summed E-state index contributed by atoms with van der Waals surface area (Å²) < 4.78 is 5.44. The van der Waals surface area contributed by atoms with Crippen LogP contribution in [0.25, 0.3) is 0 Å². The zero-order chi connectivity index (χ0) is 7.99. The van der Waals surface area contributed by atoms with Crippen LogP contribution >= 0.6 is 0 Å². The van der Waals surface area contributed by atoms with E-state index in [4.69, 9.17) is 4.74 Å². The maximum Gasteiger partial charge on any atom is 0.516 e. The lowest BCUT2D eigenvalue weighted by Crippen LogP contribution is -3.00. The van der Waals surface area contributed by atoms with Gasteiger partial charge in [0.15, 0.2) is 5.60 Å². The van der Waals surface area contributed by atoms with Crippen LogP contribution < -0.4 is 12.4 Å². The predicted octanol–water partition coefficient (Wildman–Crippen LogP) is -2.00. The SMILES string of the molecule is CC1(C)C[N+](C)(C)C(=O)O1.[Cl-]. The van der Waals surface area contributed by atoms with Crippen molar-refractivity contribution in [2.24, 2.45) is 0 Å². The topological polar surface area (TPSA) is 26.3 Å². The smallest absolute Gasteiger partial charge is 0.516 e. The van der Waals surface area contributed by atoms with E-state index in [1.165, 1.54) is 0 Å². The molecule has 1 fully saturated rings. The highest BCUT2D eigenvalue weighted by Gasteiger charge is 2.47. The van der Waals surface area contributed by atoms with Crippen LogP contribution in [-0.4, -0.2) is 36.8 Å². The molecule has 0 bridgehead atoms. The molecule has 0 aliphatic carbocycles. The average molecular weight is 180 g/mol. The zero-order valence-electron chi connectivity index (χ0n) is 7.35. The van der Waals surface area contributed by atoms with Gasteiger partial charge in [-0.15, -0.1) is 0 Å². The van der Waals surface area contributed by atoms with Gasteiger partial charge in [0.2, 0.25) is 0 Å². The fourth-order valence-electron chi connectivity index (χ4n) is 1.41. The van der Waals surface area contributed by atoms with Crippen LogP contribution in [0.2, 0.25) is 0 Å². The third-order valence-corrected chi connectivity index (χ3v) is 1.63. The first kappa shape index (κ1) is 10.7. The molecule has 1 aliphatic heterocycles. The number of likely N-dealkylation sites (N-methyl/N-ethyl adjacent to an activating group) is 1. The van der Waals surface area contributed by atoms with Crippen molar-refractivity contribution in [3.05, 3.63) is 0 Å². The summed E-state index contributed by atoms with van der Waals surface area (Å²) in [7, 11) is 3.72. The molecule has 3 nitrogen and oxygen atoms in total. The van der Waals surface area contributed by atoms with Gasteiger partial charge in [-0.05, 0) is 13.8 Å². The van der Waals surface area contributed by atoms with Gasteiger partial charge in [0.1, 0.15) is 6.54 Å². The molecule has 0 radical (unpaired) electrons. The first-order valence-electron chi connectivity index (χ1n) is 3.40. The van der Waals surface area contributed by atoms with Crippen LogP contribution in [0, 0.1) is 0 Å². The number of ether oxygens (including phenoxy) is 1. The zero-order valence-corrected chi connectivity index (χ0v) is 8.10. The van der Waals surface area contributed by atoms with Crippen molar-refractivity contribution in [3.8, 4) is 0 Å². The predicted molar refractivity (Wildman–Crippen MR) is 37.5 cm³/mol. The second-order valence-electron chi connectivity index (χ2n) is 3.97. The van der Waals surface area contributed by atoms with E-state index in [-0.39, 0.29) is 24.1 Å². The molecule has 0 atom stereocenters. The first-order valence-corrected chi connectivity index (χ1v) is 3.40. The highest BCUT2D eigenvalue weighted by molar-refractivity contribution is 5.61. The Morgan fingerprint density at radius 1 is 1.45 bits per heavy atom. The summed E-state index contributed by atoms with van der Waals surface area (Å²) in [6.07, 6.45) is -0.134. The Balaban J connectivity index is 0.000001000. The van der Waals surface area contributed by atoms with Crippen molar-refractivity contribution in [2.75, 3.05) is 20.6 Å². The molecule has 0 N–H and O–H groups in total. The molecule has 0 spiro atoms. The second-order valence-corrected chi connectivity index (χ2v) is 3.97. The summed E-state index contributed by atoms with van der Waals surface area (Å²) in [5.41, 5.74) is -0.277. The summed E-state index contributed by atoms with van der Waals surface area (Å²) >= 11 is 0. The fraction of sp³-hybridized carbons (Fsp3) is 0.857. The van der Waals surface area contributed by atoms with Crippen LogP contribution in [0.4, 0.5) is 4.79 Å². The molecule has 0 saturated carbocycles. The summed E-state index contributed by atoms with van der Waals surface area (Å²) in [6.45, 7) is 4.61. The number of rotatable bonds is 0. The number of hydrogen-bond acceptors (Lipinski definition) is 2. The number of carbonyl (C=O) groups is 1. The second kappa shape index (κ2) is 2.64. The Labute approximate surface area is 73.3 Å². The summed E-state index contributed by atoms with van der Waals surface area (Å²) in [6, 6.07) is 0. The molecule has 4 heteroatoms. The van der Waals surface area contributed by atoms with Gasteiger partial charge in [0, 0.05) is 0 Å². The molecule has 1 rings (SSSR count). The number of hydrogen-bond donors (Lipinski definition) is 0. The van der Waals surface area contributed by atoms with Gasteiger partial charge in [-0.1, -0.05) is 0 Å². The standard InChI is InChI=1S/C7H14NO2.ClH/c1-7(2)5-8(3,4)6(9)10-7;/h5H2,1-4H3;1H/q+1;/p-1. The van der Waals surface area contributed by atoms with Gasteiger partial charge >= 0.3 is 6.09 Å². The summed E-state index contributed by atoms with van der Waals surface area (Å²) in [4.78, 5) is 11.1. The Bertz CT molecular complexity index is 177. The number of halogens is 1. The van der Waals surface area contributed by atoms with Gasteiger partial charge in [0.25, 0.3) is 0 Å². The Kier molecular flexibility index (Phi) is 2.58. The van der Waals surface area contributed by atoms with Crippen molar-refractivity contribution in [3.63, 3.8) is 0 Å². The Morgan fingerprint density at radius 2 is 1.91 bits per heavy atom. The average Bonchev–Trinajstić information content (AvgIpc) is 1.73. The first-order chi connectivity index (χ1) is 4.33. The van der Waals surface area contributed by atoms with Gasteiger partial charge in [0.05, 0.1) is 14.1 Å². The molecule has 0 aromatic heterocycles. The monoisotopic (exact) mass is 179 g/mol. The van der Waals surface area contributed by atoms with Gasteiger partial charge in [-0.2, -0.15) is 4.79 Å². The number of quaternary nitrogens is 1. The molecule has 0 aromatic carbocycles. The van der Waals surface area contributed by atoms with Crippen molar-refractivity contribution < 1.29 is 26.4 Å². The van der Waals surface area contributed by atoms with Crippen LogP contribution in [0.3, 0.4) is 0 Å². The highest BCUT2D eigenvalue weighted by atomic mass is 35.5. The minimum Gasteiger partial charge on any atom is -1.00 e. The Hall–Kier alpha value is -0.280. The number of nitrogens with zero attached hydrogens (tertiary/aromatic N) is 1. The molecule has 1 aliphatic rings. The van der Waals surface area contributed by atoms with Crippen LogP contribution in [0.15, 0.2) is 0 Å². The lowest BCUT2D eigenvalue weighted by molar-refractivity contribution is -0.803. The maximum absolute atomic E-state index is 11.1. The van der Waals surface area contributed by atoms with E-state index in [1.807, 2.05) is 27.9 Å². The van der Waals surface area contributed by atoms with E-state index in [0.717, 1.165) is 6.54 Å². The van der Waals surface area contributed by atoms with E-state index >= 15 is 0 Å². The van der Waals surface area contributed by atoms with Gasteiger partial charge in [-0.3, -0.25) is 0 Å². The van der Waals surface area contributed by atoms with Crippen LogP contribution in [-0.2, 0) is 4.74 Å². The molecular formula is C7H14ClNO2. The molecule has 66 valence electrons. The quantitative estimate of drug-likeness (QED) is 0.402. The normalized spacial score (nSPS) is 25.6. The van der Waals surface area contributed by atoms with E-state index in [9.17, 15) is 4.79 Å². The van der Waals surface area contributed by atoms with E-state index in [2.05, 4.69) is 0 Å². The van der Waals surface area contributed by atoms with E-state index in [1.54, 1.807) is 0 Å². The molecule has 1 saturated heterocycles. The molecule has 0 aromatic rings. The molecule has 11 heavy (non-hydrogen) atoms. The number of carbonyl (C=O) groups excluding carboxylic acids is 1. The van der Waals surface area contributed by atoms with Crippen molar-refractivity contribution in [1.29, 1.82) is 0 Å². The summed E-state index contributed by atoms with van der Waals surface area (Å²) in [5, 5.41) is 0. The summed E-state index contributed by atoms with van der Waals surface area (Å²) in [5.74, 6) is 0. The van der Waals surface area contributed by atoms with E-state index < -0.39 is 0 Å². The molecule has 1 amide bonds. The fourth-order valence-corrected chi connectivity index (χ4v) is 1.41. The van der Waals surface area contributed by atoms with E-state index in [0.29, 0.717) is 4.48 Å². The Morgan fingerprint density at radius 3 is 2.00 bits per heavy atom. The third-order valence-electron chi connectivity index (χ3n) is 1.63. The largest absolute Gasteiger partial charge is 1.00 e. The molecule has 0 unspecified atom stereocenters. The van der Waals surface area contributed by atoms with Crippen molar-refractivity contribution >= 4 is 6.09 Å². The van der Waals surface area contributed by atoms with Crippen LogP contribution in [0.1, 0.15) is 13.8 Å². The lowest BCUT2D eigenvalue weighted by atomic mass is 10.1. The number of amides is 1. The van der Waals surface area contributed by atoms with Crippen LogP contribution in [0.5, 0.6) is 0 Å². The minimum absolute atomic E-state index is 0. The van der Waals surface area contributed by atoms with Gasteiger partial charge < -0.3 is 17.1 Å². The molecular weight excluding hydrogens is 166 g/mol. The third kappa shape index (κ3) is 2.07. The van der Waals surface area contributed by atoms with Crippen molar-refractivity contribution in [2.45, 2.75) is 19.4 Å². The lowest BCUT2D eigenvalue weighted by Gasteiger charge is -2.16. The number of cyclic esters (lactones) is 1. The highest BCUT2D eigenvalue weighted by Crippen LogP contribution is 2.24. The maximum atomic E-state index is 11.1. The van der Waals surface area contributed by atoms with Crippen molar-refractivity contribution in [1.82, 2.24) is 0 Å².